The summed E-state index contributed by atoms with van der Waals surface area (Å²) < 4.78 is 19.3. The molecule has 5 nitrogen and oxygen atoms in total. The molecular weight excluding hydrogens is 405 g/mol. The second-order valence-electron chi connectivity index (χ2n) is 6.26. The number of carbonyl (C=O) groups is 1. The Bertz CT molecular complexity index is 1060. The topological polar surface area (TPSA) is 74.5 Å². The summed E-state index contributed by atoms with van der Waals surface area (Å²) in [5, 5.41) is 13.5. The number of hydrogen-bond donors (Lipinski definition) is 1. The van der Waals surface area contributed by atoms with Gasteiger partial charge in [0.05, 0.1) is 17.3 Å². The summed E-state index contributed by atoms with van der Waals surface area (Å²) in [6, 6.07) is 22.0. The van der Waals surface area contributed by atoms with Crippen molar-refractivity contribution in [2.75, 3.05) is 0 Å². The Kier molecular flexibility index (Phi) is 7.14. The Morgan fingerprint density at radius 2 is 1.87 bits per heavy atom. The van der Waals surface area contributed by atoms with Crippen molar-refractivity contribution in [3.63, 3.8) is 0 Å². The predicted molar refractivity (Wildman–Crippen MR) is 113 cm³/mol. The second kappa shape index (κ2) is 10.2. The van der Waals surface area contributed by atoms with Gasteiger partial charge < -0.3 is 4.74 Å². The monoisotopic (exact) mass is 421 g/mol. The predicted octanol–water partition coefficient (Wildman–Crippen LogP) is 4.82. The Labute approximate surface area is 178 Å². The van der Waals surface area contributed by atoms with E-state index in [1.54, 1.807) is 54.6 Å². The van der Waals surface area contributed by atoms with Crippen LogP contribution >= 0.6 is 11.6 Å². The third-order valence-corrected chi connectivity index (χ3v) is 4.59. The van der Waals surface area contributed by atoms with Crippen molar-refractivity contribution in [2.24, 2.45) is 5.10 Å². The Hall–Kier alpha value is -3.69. The number of nitrogens with zero attached hydrogens (tertiary/aromatic N) is 2. The van der Waals surface area contributed by atoms with Crippen molar-refractivity contribution >= 4 is 23.7 Å². The number of benzene rings is 3. The van der Waals surface area contributed by atoms with Crippen LogP contribution in [0.4, 0.5) is 4.39 Å². The van der Waals surface area contributed by atoms with E-state index in [1.807, 2.05) is 12.1 Å². The van der Waals surface area contributed by atoms with E-state index >= 15 is 0 Å². The number of hydrazone groups is 1. The maximum atomic E-state index is 13.8. The van der Waals surface area contributed by atoms with Crippen LogP contribution in [0.2, 0.25) is 5.02 Å². The molecule has 0 aliphatic carbocycles. The summed E-state index contributed by atoms with van der Waals surface area (Å²) in [4.78, 5) is 12.2. The molecule has 0 heterocycles. The number of carbonyl (C=O) groups excluding carboxylic acids is 1. The molecule has 1 atom stereocenters. The minimum Gasteiger partial charge on any atom is -0.489 e. The lowest BCUT2D eigenvalue weighted by Gasteiger charge is -2.09. The van der Waals surface area contributed by atoms with Gasteiger partial charge in [0.25, 0.3) is 5.91 Å². The van der Waals surface area contributed by atoms with Gasteiger partial charge in [-0.2, -0.15) is 10.4 Å². The standard InChI is InChI=1S/C23H17ClFN3O2/c24-21-7-4-8-22(25)20(21)15-30-18-11-9-16(10-12-18)14-27-28-23(29)19(13-26)17-5-2-1-3-6-17/h1-12,14,19H,15H2,(H,28,29)/b27-14-/t19-/m0/s1. The van der Waals surface area contributed by atoms with Crippen LogP contribution in [0.1, 0.15) is 22.6 Å². The number of ether oxygens (including phenoxy) is 1. The van der Waals surface area contributed by atoms with E-state index in [4.69, 9.17) is 16.3 Å². The minimum absolute atomic E-state index is 0.00400. The van der Waals surface area contributed by atoms with Gasteiger partial charge in [-0.25, -0.2) is 9.82 Å². The van der Waals surface area contributed by atoms with Gasteiger partial charge in [-0.3, -0.25) is 4.79 Å². The van der Waals surface area contributed by atoms with Gasteiger partial charge in [0.1, 0.15) is 18.2 Å². The molecule has 0 radical (unpaired) electrons. The normalized spacial score (nSPS) is 11.6. The van der Waals surface area contributed by atoms with Crippen molar-refractivity contribution < 1.29 is 13.9 Å². The molecular formula is C23H17ClFN3O2. The third kappa shape index (κ3) is 5.43. The maximum absolute atomic E-state index is 13.8. The fourth-order valence-electron chi connectivity index (χ4n) is 2.64. The Balaban J connectivity index is 1.56. The van der Waals surface area contributed by atoms with E-state index < -0.39 is 17.6 Å². The van der Waals surface area contributed by atoms with E-state index in [0.717, 1.165) is 0 Å². The molecule has 1 amide bonds. The molecule has 1 N–H and O–H groups in total. The largest absolute Gasteiger partial charge is 0.489 e. The van der Waals surface area contributed by atoms with Gasteiger partial charge in [0, 0.05) is 5.56 Å². The molecule has 7 heteroatoms. The fraction of sp³-hybridized carbons (Fsp3) is 0.0870. The highest BCUT2D eigenvalue weighted by molar-refractivity contribution is 6.31. The van der Waals surface area contributed by atoms with Gasteiger partial charge >= 0.3 is 0 Å². The zero-order valence-corrected chi connectivity index (χ0v) is 16.5. The first-order valence-corrected chi connectivity index (χ1v) is 9.39. The molecule has 0 saturated heterocycles. The van der Waals surface area contributed by atoms with Gasteiger partial charge in [0.15, 0.2) is 5.92 Å². The van der Waals surface area contributed by atoms with Gasteiger partial charge in [-0.15, -0.1) is 0 Å². The summed E-state index contributed by atoms with van der Waals surface area (Å²) in [5.74, 6) is -1.34. The summed E-state index contributed by atoms with van der Waals surface area (Å²) in [7, 11) is 0. The van der Waals surface area contributed by atoms with Crippen molar-refractivity contribution in [2.45, 2.75) is 12.5 Å². The number of nitrogens with one attached hydrogen (secondary N) is 1. The molecule has 0 bridgehead atoms. The van der Waals surface area contributed by atoms with Crippen LogP contribution in [0.3, 0.4) is 0 Å². The average molecular weight is 422 g/mol. The van der Waals surface area contributed by atoms with Crippen LogP contribution in [0.25, 0.3) is 0 Å². The number of halogens is 2. The number of rotatable bonds is 7. The van der Waals surface area contributed by atoms with Crippen LogP contribution in [-0.2, 0) is 11.4 Å². The smallest absolute Gasteiger partial charge is 0.261 e. The molecule has 3 aromatic rings. The third-order valence-electron chi connectivity index (χ3n) is 4.24. The van der Waals surface area contributed by atoms with Gasteiger partial charge in [-0.1, -0.05) is 48.0 Å². The summed E-state index contributed by atoms with van der Waals surface area (Å²) in [5.41, 5.74) is 3.97. The van der Waals surface area contributed by atoms with Crippen molar-refractivity contribution in [3.8, 4) is 11.8 Å². The first-order chi connectivity index (χ1) is 14.6. The summed E-state index contributed by atoms with van der Waals surface area (Å²) >= 11 is 5.98. The van der Waals surface area contributed by atoms with Gasteiger partial charge in [0.2, 0.25) is 0 Å². The van der Waals surface area contributed by atoms with Crippen LogP contribution in [0.5, 0.6) is 5.75 Å². The van der Waals surface area contributed by atoms with Crippen LogP contribution in [-0.4, -0.2) is 12.1 Å². The number of amides is 1. The SMILES string of the molecule is N#C[C@H](C(=O)N/N=C\c1ccc(OCc2c(F)cccc2Cl)cc1)c1ccccc1. The first kappa shape index (κ1) is 21.0. The molecule has 0 fully saturated rings. The molecule has 0 aliphatic heterocycles. The van der Waals surface area contributed by atoms with Crippen molar-refractivity contribution in [1.82, 2.24) is 5.43 Å². The summed E-state index contributed by atoms with van der Waals surface area (Å²) in [6.07, 6.45) is 1.45. The second-order valence-corrected chi connectivity index (χ2v) is 6.67. The highest BCUT2D eigenvalue weighted by atomic mass is 35.5. The molecule has 150 valence electrons. The van der Waals surface area contributed by atoms with Crippen LogP contribution in [0.15, 0.2) is 77.9 Å². The maximum Gasteiger partial charge on any atom is 0.261 e. The van der Waals surface area contributed by atoms with Crippen molar-refractivity contribution in [1.29, 1.82) is 5.26 Å². The first-order valence-electron chi connectivity index (χ1n) is 9.01. The Morgan fingerprint density at radius 3 is 2.53 bits per heavy atom. The quantitative estimate of drug-likeness (QED) is 0.439. The van der Waals surface area contributed by atoms with Crippen molar-refractivity contribution in [3.05, 3.63) is 100 Å². The highest BCUT2D eigenvalue weighted by Gasteiger charge is 2.19. The fourth-order valence-corrected chi connectivity index (χ4v) is 2.86. The minimum atomic E-state index is -0.940. The lowest BCUT2D eigenvalue weighted by Crippen LogP contribution is -2.24. The highest BCUT2D eigenvalue weighted by Crippen LogP contribution is 2.21. The molecule has 3 rings (SSSR count). The van der Waals surface area contributed by atoms with E-state index in [2.05, 4.69) is 10.5 Å². The molecule has 0 aromatic heterocycles. The number of hydrogen-bond acceptors (Lipinski definition) is 4. The molecule has 3 aromatic carbocycles. The molecule has 0 spiro atoms. The zero-order chi connectivity index (χ0) is 21.3. The van der Waals surface area contributed by atoms with Crippen LogP contribution in [0, 0.1) is 17.1 Å². The van der Waals surface area contributed by atoms with E-state index in [9.17, 15) is 14.4 Å². The van der Waals surface area contributed by atoms with Gasteiger partial charge in [-0.05, 0) is 47.5 Å². The molecule has 0 saturated carbocycles. The molecule has 0 unspecified atom stereocenters. The average Bonchev–Trinajstić information content (AvgIpc) is 2.76. The summed E-state index contributed by atoms with van der Waals surface area (Å²) in [6.45, 7) is 0.00400. The van der Waals surface area contributed by atoms with E-state index in [0.29, 0.717) is 21.9 Å². The van der Waals surface area contributed by atoms with E-state index in [1.165, 1.54) is 18.3 Å². The Morgan fingerprint density at radius 1 is 1.13 bits per heavy atom. The number of nitriles is 1. The molecule has 30 heavy (non-hydrogen) atoms. The van der Waals surface area contributed by atoms with Crippen LogP contribution < -0.4 is 10.2 Å². The van der Waals surface area contributed by atoms with E-state index in [-0.39, 0.29) is 12.2 Å². The lowest BCUT2D eigenvalue weighted by molar-refractivity contribution is -0.121. The lowest BCUT2D eigenvalue weighted by atomic mass is 10.0. The molecule has 0 aliphatic rings. The zero-order valence-electron chi connectivity index (χ0n) is 15.8.